The monoisotopic (exact) mass is 409 g/mol. The van der Waals surface area contributed by atoms with Crippen LogP contribution in [0.5, 0.6) is 0 Å². The van der Waals surface area contributed by atoms with E-state index >= 15 is 0 Å². The van der Waals surface area contributed by atoms with Crippen LogP contribution in [0, 0.1) is 0 Å². The van der Waals surface area contributed by atoms with Gasteiger partial charge in [-0.05, 0) is 6.92 Å². The average Bonchev–Trinajstić information content (AvgIpc) is 2.83. The van der Waals surface area contributed by atoms with E-state index in [1.54, 1.807) is 0 Å². The van der Waals surface area contributed by atoms with E-state index in [4.69, 9.17) is 4.74 Å². The fraction of sp³-hybridized carbons (Fsp3) is 0.615. The molecule has 0 saturated carbocycles. The number of rotatable bonds is 7. The third-order valence-electron chi connectivity index (χ3n) is 3.67. The predicted molar refractivity (Wildman–Crippen MR) is 83.5 cm³/mol. The number of nitrogens with zero attached hydrogens (tertiary/aromatic N) is 2. The number of hydrogen-bond acceptors (Lipinski definition) is 10. The number of halogens is 1. The summed E-state index contributed by atoms with van der Waals surface area (Å²) in [4.78, 5) is 58.8. The average molecular weight is 409 g/mol. The lowest BCUT2D eigenvalue weighted by Crippen LogP contribution is -2.43. The first kappa shape index (κ1) is 21.3. The number of hydrogen-bond donors (Lipinski definition) is 2. The fourth-order valence-corrected chi connectivity index (χ4v) is 2.60. The van der Waals surface area contributed by atoms with Crippen LogP contribution in [0.15, 0.2) is 26.8 Å². The van der Waals surface area contributed by atoms with Gasteiger partial charge in [-0.3, -0.25) is 19.2 Å². The number of aromatic amines is 1. The van der Waals surface area contributed by atoms with Crippen molar-refractivity contribution in [1.29, 1.82) is 0 Å². The van der Waals surface area contributed by atoms with E-state index in [0.29, 0.717) is 0 Å². The first-order valence-corrected chi connectivity index (χ1v) is 8.81. The van der Waals surface area contributed by atoms with Crippen LogP contribution in [-0.2, 0) is 23.9 Å². The Hall–Kier alpha value is -2.02. The zero-order valence-electron chi connectivity index (χ0n) is 14.2. The number of aliphatic hydroxyl groups excluding tert-OH is 1. The van der Waals surface area contributed by atoms with Crippen molar-refractivity contribution in [2.45, 2.75) is 44.4 Å². The smallest absolute Gasteiger partial charge is 0.427 e. The van der Waals surface area contributed by atoms with Crippen LogP contribution in [0.1, 0.15) is 26.5 Å². The molecule has 1 saturated heterocycles. The molecule has 2 heterocycles. The van der Waals surface area contributed by atoms with Gasteiger partial charge in [-0.2, -0.15) is 4.89 Å². The molecule has 1 aromatic rings. The molecule has 1 unspecified atom stereocenters. The fourth-order valence-electron chi connectivity index (χ4n) is 2.26. The van der Waals surface area contributed by atoms with Crippen molar-refractivity contribution in [1.82, 2.24) is 9.55 Å². The minimum atomic E-state index is -2.86. The van der Waals surface area contributed by atoms with E-state index in [0.717, 1.165) is 23.8 Å². The number of aromatic nitrogens is 2. The summed E-state index contributed by atoms with van der Waals surface area (Å²) in [6.45, 7) is 1.92. The van der Waals surface area contributed by atoms with Gasteiger partial charge >= 0.3 is 19.8 Å². The Kier molecular flexibility index (Phi) is 6.92. The predicted octanol–water partition coefficient (Wildman–Crippen LogP) is -0.805. The molecule has 0 bridgehead atoms. The van der Waals surface area contributed by atoms with E-state index in [1.165, 1.54) is 6.92 Å². The molecule has 27 heavy (non-hydrogen) atoms. The number of alkyl halides is 1. The van der Waals surface area contributed by atoms with Crippen LogP contribution in [0.25, 0.3) is 0 Å². The zero-order chi connectivity index (χ0) is 20.2. The van der Waals surface area contributed by atoms with Crippen LogP contribution < -0.4 is 16.1 Å². The number of nitrogens with one attached hydrogen (secondary N) is 1. The lowest BCUT2D eigenvalue weighted by atomic mass is 9.98. The maximum atomic E-state index is 14.9. The molecule has 0 aliphatic carbocycles. The second-order valence-electron chi connectivity index (χ2n) is 5.64. The maximum absolute atomic E-state index is 14.9. The lowest BCUT2D eigenvalue weighted by Gasteiger charge is -2.24. The number of carbonyl (C=O) groups is 1. The summed E-state index contributed by atoms with van der Waals surface area (Å²) < 4.78 is 25.3. The molecule has 12 nitrogen and oxygen atoms in total. The standard InChI is InChI=1S/C13H17FN3O9P/c1-3-9(19)25-16-27(22)26-23-6-7-10(20)13(2,14)11(24-7)17-5-4-8(18)15-12(17)21/h4-5,7,10-11,20H,3,6H2,1-2H3,(H,15,18,21)/t7-,10-,11-,13-/m1/s1. The Labute approximate surface area is 152 Å². The molecule has 2 rings (SSSR count). The molecular weight excluding hydrogens is 392 g/mol. The van der Waals surface area contributed by atoms with E-state index in [9.17, 15) is 28.8 Å². The highest BCUT2D eigenvalue weighted by Crippen LogP contribution is 2.40. The van der Waals surface area contributed by atoms with Crippen molar-refractivity contribution in [3.8, 4) is 0 Å². The number of ether oxygens (including phenoxy) is 1. The molecule has 1 fully saturated rings. The number of H-pyrrole nitrogens is 1. The highest BCUT2D eigenvalue weighted by Gasteiger charge is 2.55. The Morgan fingerprint density at radius 1 is 1.59 bits per heavy atom. The molecule has 0 aromatic carbocycles. The van der Waals surface area contributed by atoms with Gasteiger partial charge in [-0.25, -0.2) is 14.0 Å². The van der Waals surface area contributed by atoms with Crippen LogP contribution in [0.4, 0.5) is 4.39 Å². The number of aliphatic hydroxyl groups is 1. The molecule has 5 atom stereocenters. The Morgan fingerprint density at radius 3 is 2.93 bits per heavy atom. The first-order valence-electron chi connectivity index (χ1n) is 7.68. The summed E-state index contributed by atoms with van der Waals surface area (Å²) in [5.41, 5.74) is -4.03. The highest BCUT2D eigenvalue weighted by molar-refractivity contribution is 7.33. The maximum Gasteiger partial charge on any atom is 0.427 e. The third-order valence-corrected chi connectivity index (χ3v) is 4.12. The molecule has 150 valence electrons. The van der Waals surface area contributed by atoms with Gasteiger partial charge in [0.2, 0.25) is 0 Å². The van der Waals surface area contributed by atoms with E-state index in [-0.39, 0.29) is 6.42 Å². The second-order valence-corrected chi connectivity index (χ2v) is 6.42. The largest absolute Gasteiger partial charge is 0.579 e. The zero-order valence-corrected chi connectivity index (χ0v) is 15.1. The van der Waals surface area contributed by atoms with E-state index in [2.05, 4.69) is 19.3 Å². The molecule has 0 radical (unpaired) electrons. The molecular formula is C13H17FN3O9P. The Balaban J connectivity index is 2.00. The Morgan fingerprint density at radius 2 is 2.30 bits per heavy atom. The van der Waals surface area contributed by atoms with Gasteiger partial charge in [0.1, 0.15) is 23.7 Å². The van der Waals surface area contributed by atoms with Gasteiger partial charge in [-0.15, -0.1) is 0 Å². The van der Waals surface area contributed by atoms with Crippen LogP contribution in [-0.4, -0.2) is 45.1 Å². The van der Waals surface area contributed by atoms with Gasteiger partial charge in [0, 0.05) is 23.4 Å². The quantitative estimate of drug-likeness (QED) is 0.333. The van der Waals surface area contributed by atoms with Crippen molar-refractivity contribution < 1.29 is 38.3 Å². The summed E-state index contributed by atoms with van der Waals surface area (Å²) >= 11 is 0. The minimum absolute atomic E-state index is 0.0101. The van der Waals surface area contributed by atoms with Crippen molar-refractivity contribution in [2.75, 3.05) is 6.61 Å². The summed E-state index contributed by atoms with van der Waals surface area (Å²) in [6.07, 6.45) is -3.57. The first-order chi connectivity index (χ1) is 12.7. The minimum Gasteiger partial charge on any atom is -0.579 e. The van der Waals surface area contributed by atoms with Crippen molar-refractivity contribution in [3.63, 3.8) is 0 Å². The lowest BCUT2D eigenvalue weighted by molar-refractivity contribution is -0.279. The van der Waals surface area contributed by atoms with Gasteiger partial charge in [0.15, 0.2) is 11.9 Å². The normalized spacial score (nSPS) is 28.3. The topological polar surface area (TPSA) is 164 Å². The molecule has 1 aliphatic heterocycles. The van der Waals surface area contributed by atoms with E-state index < -0.39 is 56.1 Å². The van der Waals surface area contributed by atoms with Gasteiger partial charge in [0.05, 0.1) is 0 Å². The van der Waals surface area contributed by atoms with Gasteiger partial charge < -0.3 is 14.7 Å². The van der Waals surface area contributed by atoms with Crippen LogP contribution in [0.2, 0.25) is 0 Å². The molecule has 2 N–H and O–H groups in total. The van der Waals surface area contributed by atoms with Gasteiger partial charge in [0.25, 0.3) is 5.56 Å². The van der Waals surface area contributed by atoms with Crippen molar-refractivity contribution in [2.24, 2.45) is 4.91 Å². The Bertz CT molecular complexity index is 824. The summed E-state index contributed by atoms with van der Waals surface area (Å²) in [5.74, 6) is -0.737. The van der Waals surface area contributed by atoms with Crippen LogP contribution in [0.3, 0.4) is 0 Å². The highest BCUT2D eigenvalue weighted by atomic mass is 31.1. The van der Waals surface area contributed by atoms with Crippen molar-refractivity contribution in [3.05, 3.63) is 33.1 Å². The summed E-state index contributed by atoms with van der Waals surface area (Å²) in [6, 6.07) is 0.990. The molecule has 14 heteroatoms. The molecule has 1 aliphatic rings. The molecule has 0 amide bonds. The summed E-state index contributed by atoms with van der Waals surface area (Å²) in [7, 11) is -2.86. The van der Waals surface area contributed by atoms with E-state index in [1.807, 2.05) is 4.98 Å². The van der Waals surface area contributed by atoms with Crippen molar-refractivity contribution >= 4 is 14.1 Å². The number of carbonyl (C=O) groups excluding carboxylic acids is 1. The molecule has 0 spiro atoms. The second kappa shape index (κ2) is 8.78. The van der Waals surface area contributed by atoms with Gasteiger partial charge in [-0.1, -0.05) is 6.92 Å². The van der Waals surface area contributed by atoms with Crippen LogP contribution >= 0.6 is 8.17 Å². The SMILES string of the molecule is CCC(=O)ON=[P+]([O-])OOC[C@H]1O[C@@H](n2ccc(=O)[nH]c2=O)[C@](C)(F)[C@@H]1O. The third kappa shape index (κ3) is 5.03. The summed E-state index contributed by atoms with van der Waals surface area (Å²) in [5, 5.41) is 10.1. The molecule has 1 aromatic heterocycles.